The number of carboxylic acid groups (broad SMARTS) is 1. The molecule has 0 amide bonds. The maximum Gasteiger partial charge on any atom is 0.336 e. The monoisotopic (exact) mass is 355 g/mol. The molecular formula is C19H17NO4S. The van der Waals surface area contributed by atoms with E-state index in [0.29, 0.717) is 16.3 Å². The minimum absolute atomic E-state index is 0.0697. The van der Waals surface area contributed by atoms with Crippen LogP contribution in [-0.2, 0) is 10.0 Å². The lowest BCUT2D eigenvalue weighted by Gasteiger charge is -2.16. The molecule has 5 nitrogen and oxygen atoms in total. The summed E-state index contributed by atoms with van der Waals surface area (Å²) in [5.74, 6) is -1.10. The van der Waals surface area contributed by atoms with Crippen molar-refractivity contribution in [1.82, 2.24) is 0 Å². The summed E-state index contributed by atoms with van der Waals surface area (Å²) in [6, 6.07) is 15.1. The van der Waals surface area contributed by atoms with Crippen LogP contribution < -0.4 is 4.72 Å². The first-order valence-electron chi connectivity index (χ1n) is 7.65. The molecule has 0 unspecified atom stereocenters. The fourth-order valence-corrected chi connectivity index (χ4v) is 3.86. The van der Waals surface area contributed by atoms with Crippen molar-refractivity contribution in [3.63, 3.8) is 0 Å². The first-order valence-corrected chi connectivity index (χ1v) is 9.13. The molecule has 25 heavy (non-hydrogen) atoms. The van der Waals surface area contributed by atoms with Crippen molar-refractivity contribution in [2.75, 3.05) is 4.72 Å². The number of benzene rings is 3. The maximum atomic E-state index is 12.7. The van der Waals surface area contributed by atoms with Crippen molar-refractivity contribution < 1.29 is 18.3 Å². The van der Waals surface area contributed by atoms with Crippen molar-refractivity contribution in [3.8, 4) is 0 Å². The minimum atomic E-state index is -3.83. The molecule has 0 atom stereocenters. The maximum absolute atomic E-state index is 12.7. The van der Waals surface area contributed by atoms with Crippen molar-refractivity contribution in [2.45, 2.75) is 18.7 Å². The summed E-state index contributed by atoms with van der Waals surface area (Å²) >= 11 is 0. The summed E-state index contributed by atoms with van der Waals surface area (Å²) in [6.45, 7) is 3.47. The normalized spacial score (nSPS) is 11.4. The Bertz CT molecular complexity index is 1070. The average Bonchev–Trinajstić information content (AvgIpc) is 2.57. The summed E-state index contributed by atoms with van der Waals surface area (Å²) in [5.41, 5.74) is 1.69. The van der Waals surface area contributed by atoms with Crippen molar-refractivity contribution in [2.24, 2.45) is 0 Å². The lowest BCUT2D eigenvalue weighted by atomic mass is 9.99. The molecule has 0 saturated heterocycles. The van der Waals surface area contributed by atoms with E-state index in [1.165, 1.54) is 12.1 Å². The Labute approximate surface area is 146 Å². The number of aromatic carboxylic acids is 1. The highest BCUT2D eigenvalue weighted by molar-refractivity contribution is 7.92. The van der Waals surface area contributed by atoms with E-state index in [0.717, 1.165) is 5.56 Å². The van der Waals surface area contributed by atoms with Crippen LogP contribution in [-0.4, -0.2) is 19.5 Å². The van der Waals surface area contributed by atoms with Gasteiger partial charge >= 0.3 is 5.97 Å². The smallest absolute Gasteiger partial charge is 0.336 e. The Morgan fingerprint density at radius 1 is 1.00 bits per heavy atom. The zero-order chi connectivity index (χ0) is 18.2. The number of fused-ring (bicyclic) bond motifs is 1. The number of carboxylic acids is 1. The van der Waals surface area contributed by atoms with Gasteiger partial charge in [0.25, 0.3) is 10.0 Å². The second-order valence-electron chi connectivity index (χ2n) is 5.87. The number of rotatable bonds is 4. The number of carbonyl (C=O) groups is 1. The molecule has 6 heteroatoms. The summed E-state index contributed by atoms with van der Waals surface area (Å²) < 4.78 is 28.0. The lowest BCUT2D eigenvalue weighted by Crippen LogP contribution is -2.15. The zero-order valence-electron chi connectivity index (χ0n) is 13.8. The first-order chi connectivity index (χ1) is 11.8. The van der Waals surface area contributed by atoms with Gasteiger partial charge in [0.05, 0.1) is 16.1 Å². The van der Waals surface area contributed by atoms with Crippen LogP contribution in [0.3, 0.4) is 0 Å². The van der Waals surface area contributed by atoms with E-state index in [-0.39, 0.29) is 16.1 Å². The Morgan fingerprint density at radius 2 is 1.64 bits per heavy atom. The molecular weight excluding hydrogens is 338 g/mol. The second-order valence-corrected chi connectivity index (χ2v) is 7.55. The van der Waals surface area contributed by atoms with E-state index >= 15 is 0 Å². The largest absolute Gasteiger partial charge is 0.478 e. The molecule has 0 aliphatic heterocycles. The summed E-state index contributed by atoms with van der Waals surface area (Å²) in [7, 11) is -3.83. The van der Waals surface area contributed by atoms with Crippen LogP contribution in [0.15, 0.2) is 59.5 Å². The van der Waals surface area contributed by atoms with E-state index in [1.54, 1.807) is 49.4 Å². The van der Waals surface area contributed by atoms with Gasteiger partial charge in [0, 0.05) is 5.39 Å². The molecule has 0 radical (unpaired) electrons. The van der Waals surface area contributed by atoms with Crippen LogP contribution in [0.4, 0.5) is 5.69 Å². The van der Waals surface area contributed by atoms with Crippen LogP contribution in [0.25, 0.3) is 10.8 Å². The molecule has 0 aliphatic rings. The van der Waals surface area contributed by atoms with Gasteiger partial charge < -0.3 is 5.11 Å². The molecule has 0 aliphatic carbocycles. The fourth-order valence-electron chi connectivity index (χ4n) is 2.72. The number of hydrogen-bond donors (Lipinski definition) is 2. The van der Waals surface area contributed by atoms with Gasteiger partial charge in [-0.3, -0.25) is 4.72 Å². The number of nitrogens with one attached hydrogen (secondary N) is 1. The quantitative estimate of drug-likeness (QED) is 0.742. The Hall–Kier alpha value is -2.86. The predicted octanol–water partition coefficient (Wildman–Crippen LogP) is 3.96. The molecule has 3 aromatic rings. The highest BCUT2D eigenvalue weighted by Gasteiger charge is 2.20. The number of anilines is 1. The van der Waals surface area contributed by atoms with Gasteiger partial charge in [-0.05, 0) is 43.0 Å². The van der Waals surface area contributed by atoms with E-state index in [2.05, 4.69) is 4.72 Å². The van der Waals surface area contributed by atoms with E-state index in [1.807, 2.05) is 6.92 Å². The Kier molecular flexibility index (Phi) is 4.22. The van der Waals surface area contributed by atoms with Crippen molar-refractivity contribution in [3.05, 3.63) is 71.3 Å². The highest BCUT2D eigenvalue weighted by Crippen LogP contribution is 2.32. The van der Waals surface area contributed by atoms with Gasteiger partial charge in [-0.15, -0.1) is 0 Å². The molecule has 0 spiro atoms. The molecule has 0 fully saturated rings. The van der Waals surface area contributed by atoms with Gasteiger partial charge in [-0.2, -0.15) is 0 Å². The lowest BCUT2D eigenvalue weighted by molar-refractivity contribution is 0.0696. The van der Waals surface area contributed by atoms with E-state index in [4.69, 9.17) is 0 Å². The second kappa shape index (κ2) is 6.22. The van der Waals surface area contributed by atoms with Crippen molar-refractivity contribution >= 4 is 32.5 Å². The van der Waals surface area contributed by atoms with E-state index < -0.39 is 16.0 Å². The third kappa shape index (κ3) is 3.21. The van der Waals surface area contributed by atoms with Crippen molar-refractivity contribution in [1.29, 1.82) is 0 Å². The third-order valence-electron chi connectivity index (χ3n) is 4.11. The Morgan fingerprint density at radius 3 is 2.28 bits per heavy atom. The average molecular weight is 355 g/mol. The predicted molar refractivity (Wildman–Crippen MR) is 97.6 cm³/mol. The first kappa shape index (κ1) is 17.0. The number of aryl methyl sites for hydroxylation is 1. The number of hydrogen-bond acceptors (Lipinski definition) is 3. The van der Waals surface area contributed by atoms with E-state index in [9.17, 15) is 18.3 Å². The topological polar surface area (TPSA) is 83.5 Å². The molecule has 128 valence electrons. The third-order valence-corrected chi connectivity index (χ3v) is 5.47. The molecule has 0 saturated carbocycles. The number of sulfonamides is 1. The van der Waals surface area contributed by atoms with Crippen LogP contribution in [0.5, 0.6) is 0 Å². The molecule has 3 rings (SSSR count). The van der Waals surface area contributed by atoms with Crippen LogP contribution in [0.2, 0.25) is 0 Å². The molecule has 0 aromatic heterocycles. The molecule has 0 heterocycles. The van der Waals surface area contributed by atoms with Crippen LogP contribution in [0.1, 0.15) is 21.5 Å². The van der Waals surface area contributed by atoms with Gasteiger partial charge in [-0.1, -0.05) is 42.0 Å². The molecule has 3 aromatic carbocycles. The van der Waals surface area contributed by atoms with Crippen LogP contribution in [0, 0.1) is 13.8 Å². The van der Waals surface area contributed by atoms with Gasteiger partial charge in [0.1, 0.15) is 0 Å². The SMILES string of the molecule is Cc1ccc(S(=O)(=O)Nc2c(C)c(C(=O)O)cc3ccccc23)cc1. The summed E-state index contributed by atoms with van der Waals surface area (Å²) in [5, 5.41) is 10.7. The standard InChI is InChI=1S/C19H17NO4S/c1-12-7-9-15(10-8-12)25(23,24)20-18-13(2)17(19(21)22)11-14-5-3-4-6-16(14)18/h3-11,20H,1-2H3,(H,21,22). The summed E-state index contributed by atoms with van der Waals surface area (Å²) in [4.78, 5) is 11.6. The molecule has 2 N–H and O–H groups in total. The van der Waals surface area contributed by atoms with Gasteiger partial charge in [0.2, 0.25) is 0 Å². The van der Waals surface area contributed by atoms with Crippen LogP contribution >= 0.6 is 0 Å². The van der Waals surface area contributed by atoms with Gasteiger partial charge in [-0.25, -0.2) is 13.2 Å². The molecule has 0 bridgehead atoms. The minimum Gasteiger partial charge on any atom is -0.478 e. The fraction of sp³-hybridized carbons (Fsp3) is 0.105. The van der Waals surface area contributed by atoms with Gasteiger partial charge in [0.15, 0.2) is 0 Å². The Balaban J connectivity index is 2.19. The zero-order valence-corrected chi connectivity index (χ0v) is 14.6. The summed E-state index contributed by atoms with van der Waals surface area (Å²) in [6.07, 6.45) is 0. The highest BCUT2D eigenvalue weighted by atomic mass is 32.2.